The van der Waals surface area contributed by atoms with E-state index in [9.17, 15) is 0 Å². The lowest BCUT2D eigenvalue weighted by molar-refractivity contribution is 0.233. The van der Waals surface area contributed by atoms with Crippen molar-refractivity contribution in [1.82, 2.24) is 10.2 Å². The minimum Gasteiger partial charge on any atom is -0.314 e. The summed E-state index contributed by atoms with van der Waals surface area (Å²) in [5.41, 5.74) is 2.29. The Balaban J connectivity index is 2.06. The molecule has 2 nitrogen and oxygen atoms in total. The summed E-state index contributed by atoms with van der Waals surface area (Å²) in [5.74, 6) is 2.74. The van der Waals surface area contributed by atoms with Gasteiger partial charge in [0, 0.05) is 38.3 Å². The third kappa shape index (κ3) is 2.59. The molecule has 0 amide bonds. The molecule has 1 aliphatic rings. The number of hydrogen-bond acceptors (Lipinski definition) is 2. The molecule has 2 heteroatoms. The topological polar surface area (TPSA) is 15.3 Å². The van der Waals surface area contributed by atoms with E-state index in [0.717, 1.165) is 38.3 Å². The minimum atomic E-state index is 0.974. The van der Waals surface area contributed by atoms with Crippen LogP contribution in [0.4, 0.5) is 0 Å². The van der Waals surface area contributed by atoms with E-state index >= 15 is 0 Å². The molecule has 15 heavy (non-hydrogen) atoms. The van der Waals surface area contributed by atoms with Gasteiger partial charge in [-0.15, -0.1) is 6.42 Å². The molecular weight excluding hydrogens is 184 g/mol. The Labute approximate surface area is 91.3 Å². The van der Waals surface area contributed by atoms with Gasteiger partial charge in [0.25, 0.3) is 0 Å². The molecule has 0 atom stereocenters. The number of piperazine rings is 1. The van der Waals surface area contributed by atoms with Crippen LogP contribution < -0.4 is 5.32 Å². The predicted octanol–water partition coefficient (Wildman–Crippen LogP) is 1.07. The molecule has 78 valence electrons. The van der Waals surface area contributed by atoms with Crippen molar-refractivity contribution in [3.05, 3.63) is 35.4 Å². The molecule has 0 radical (unpaired) electrons. The van der Waals surface area contributed by atoms with Gasteiger partial charge in [0.1, 0.15) is 0 Å². The average molecular weight is 200 g/mol. The van der Waals surface area contributed by atoms with Gasteiger partial charge in [-0.05, 0) is 11.6 Å². The van der Waals surface area contributed by atoms with Crippen molar-refractivity contribution in [3.8, 4) is 12.3 Å². The lowest BCUT2D eigenvalue weighted by atomic mass is 10.1. The summed E-state index contributed by atoms with van der Waals surface area (Å²) in [6.45, 7) is 5.36. The van der Waals surface area contributed by atoms with E-state index < -0.39 is 0 Å². The number of rotatable bonds is 2. The molecule has 0 aliphatic carbocycles. The van der Waals surface area contributed by atoms with Gasteiger partial charge in [-0.2, -0.15) is 0 Å². The molecule has 0 spiro atoms. The zero-order chi connectivity index (χ0) is 10.5. The Kier molecular flexibility index (Phi) is 3.39. The van der Waals surface area contributed by atoms with Crippen molar-refractivity contribution in [1.29, 1.82) is 0 Å². The molecule has 0 saturated carbocycles. The van der Waals surface area contributed by atoms with Gasteiger partial charge >= 0.3 is 0 Å². The van der Waals surface area contributed by atoms with Gasteiger partial charge in [-0.3, -0.25) is 4.90 Å². The molecule has 1 aliphatic heterocycles. The van der Waals surface area contributed by atoms with Crippen molar-refractivity contribution < 1.29 is 0 Å². The highest BCUT2D eigenvalue weighted by Crippen LogP contribution is 2.10. The van der Waals surface area contributed by atoms with Crippen molar-refractivity contribution in [2.75, 3.05) is 26.2 Å². The van der Waals surface area contributed by atoms with Crippen LogP contribution in [0.1, 0.15) is 11.1 Å². The fourth-order valence-electron chi connectivity index (χ4n) is 1.91. The van der Waals surface area contributed by atoms with Crippen LogP contribution in [0.25, 0.3) is 0 Å². The number of nitrogens with zero attached hydrogens (tertiary/aromatic N) is 1. The largest absolute Gasteiger partial charge is 0.314 e. The molecule has 1 saturated heterocycles. The monoisotopic (exact) mass is 200 g/mol. The lowest BCUT2D eigenvalue weighted by Crippen LogP contribution is -2.42. The van der Waals surface area contributed by atoms with Gasteiger partial charge in [0.15, 0.2) is 0 Å². The highest BCUT2D eigenvalue weighted by atomic mass is 15.2. The zero-order valence-electron chi connectivity index (χ0n) is 8.87. The predicted molar refractivity (Wildman–Crippen MR) is 62.5 cm³/mol. The normalized spacial score (nSPS) is 17.3. The molecule has 0 aromatic heterocycles. The summed E-state index contributed by atoms with van der Waals surface area (Å²) in [6.07, 6.45) is 5.47. The summed E-state index contributed by atoms with van der Waals surface area (Å²) in [7, 11) is 0. The van der Waals surface area contributed by atoms with Gasteiger partial charge in [-0.1, -0.05) is 24.1 Å². The zero-order valence-corrected chi connectivity index (χ0v) is 8.87. The van der Waals surface area contributed by atoms with E-state index in [1.165, 1.54) is 5.56 Å². The molecule has 1 heterocycles. The smallest absolute Gasteiger partial charge is 0.0287 e. The van der Waals surface area contributed by atoms with E-state index in [1.54, 1.807) is 0 Å². The second-order valence-electron chi connectivity index (χ2n) is 3.83. The molecule has 1 aromatic rings. The van der Waals surface area contributed by atoms with Crippen molar-refractivity contribution in [3.63, 3.8) is 0 Å². The van der Waals surface area contributed by atoms with Gasteiger partial charge in [0.05, 0.1) is 0 Å². The van der Waals surface area contributed by atoms with Crippen LogP contribution in [-0.2, 0) is 6.54 Å². The van der Waals surface area contributed by atoms with Crippen LogP contribution in [0.3, 0.4) is 0 Å². The van der Waals surface area contributed by atoms with Crippen LogP contribution in [0.15, 0.2) is 24.3 Å². The first kappa shape index (κ1) is 10.2. The standard InChI is InChI=1S/C13H16N2/c1-2-12-5-3-4-6-13(12)11-15-9-7-14-8-10-15/h1,3-6,14H,7-11H2. The van der Waals surface area contributed by atoms with E-state index in [0.29, 0.717) is 0 Å². The average Bonchev–Trinajstić information content (AvgIpc) is 2.31. The summed E-state index contributed by atoms with van der Waals surface area (Å²) in [5, 5.41) is 3.35. The first-order valence-corrected chi connectivity index (χ1v) is 5.38. The van der Waals surface area contributed by atoms with Gasteiger partial charge in [0.2, 0.25) is 0 Å². The highest BCUT2D eigenvalue weighted by Gasteiger charge is 2.10. The third-order valence-electron chi connectivity index (χ3n) is 2.78. The van der Waals surface area contributed by atoms with E-state index in [2.05, 4.69) is 28.3 Å². The maximum Gasteiger partial charge on any atom is 0.0287 e. The van der Waals surface area contributed by atoms with E-state index in [-0.39, 0.29) is 0 Å². The van der Waals surface area contributed by atoms with Crippen molar-refractivity contribution in [2.24, 2.45) is 0 Å². The summed E-state index contributed by atoms with van der Waals surface area (Å²) < 4.78 is 0. The number of benzene rings is 1. The summed E-state index contributed by atoms with van der Waals surface area (Å²) >= 11 is 0. The first-order chi connectivity index (χ1) is 7.40. The highest BCUT2D eigenvalue weighted by molar-refractivity contribution is 5.39. The first-order valence-electron chi connectivity index (χ1n) is 5.38. The van der Waals surface area contributed by atoms with Gasteiger partial charge < -0.3 is 5.32 Å². The number of nitrogens with one attached hydrogen (secondary N) is 1. The molecule has 1 N–H and O–H groups in total. The Morgan fingerprint density at radius 3 is 2.73 bits per heavy atom. The maximum atomic E-state index is 5.47. The Morgan fingerprint density at radius 2 is 2.00 bits per heavy atom. The SMILES string of the molecule is C#Cc1ccccc1CN1CCNCC1. The fraction of sp³-hybridized carbons (Fsp3) is 0.385. The van der Waals surface area contributed by atoms with Gasteiger partial charge in [-0.25, -0.2) is 0 Å². The molecule has 1 fully saturated rings. The lowest BCUT2D eigenvalue weighted by Gasteiger charge is -2.27. The molecule has 2 rings (SSSR count). The quantitative estimate of drug-likeness (QED) is 0.718. The van der Waals surface area contributed by atoms with Crippen LogP contribution in [0, 0.1) is 12.3 Å². The second-order valence-corrected chi connectivity index (χ2v) is 3.83. The minimum absolute atomic E-state index is 0.974. The summed E-state index contributed by atoms with van der Waals surface area (Å²) in [6, 6.07) is 8.18. The van der Waals surface area contributed by atoms with Crippen LogP contribution in [-0.4, -0.2) is 31.1 Å². The Hall–Kier alpha value is -1.30. The van der Waals surface area contributed by atoms with Crippen LogP contribution in [0.2, 0.25) is 0 Å². The van der Waals surface area contributed by atoms with Crippen molar-refractivity contribution in [2.45, 2.75) is 6.54 Å². The maximum absolute atomic E-state index is 5.47. The number of hydrogen-bond donors (Lipinski definition) is 1. The Bertz CT molecular complexity index is 359. The number of terminal acetylenes is 1. The Morgan fingerprint density at radius 1 is 1.27 bits per heavy atom. The van der Waals surface area contributed by atoms with Crippen molar-refractivity contribution >= 4 is 0 Å². The van der Waals surface area contributed by atoms with Crippen LogP contribution >= 0.6 is 0 Å². The molecular formula is C13H16N2. The van der Waals surface area contributed by atoms with E-state index in [4.69, 9.17) is 6.42 Å². The van der Waals surface area contributed by atoms with E-state index in [1.807, 2.05) is 12.1 Å². The summed E-state index contributed by atoms with van der Waals surface area (Å²) in [4.78, 5) is 2.44. The second kappa shape index (κ2) is 4.97. The third-order valence-corrected chi connectivity index (χ3v) is 2.78. The van der Waals surface area contributed by atoms with Crippen LogP contribution in [0.5, 0.6) is 0 Å². The molecule has 0 bridgehead atoms. The molecule has 0 unspecified atom stereocenters. The fourth-order valence-corrected chi connectivity index (χ4v) is 1.91. The molecule has 1 aromatic carbocycles.